The number of hydrogen-bond acceptors (Lipinski definition) is 4. The number of rotatable bonds is 6. The smallest absolute Gasteiger partial charge is 0.148 e. The molecule has 1 atom stereocenters. The number of nitrogens with zero attached hydrogens (tertiary/aromatic N) is 1. The predicted octanol–water partition coefficient (Wildman–Crippen LogP) is 0.495. The van der Waals surface area contributed by atoms with Crippen molar-refractivity contribution < 1.29 is 8.42 Å². The van der Waals surface area contributed by atoms with Gasteiger partial charge in [-0.15, -0.1) is 0 Å². The van der Waals surface area contributed by atoms with Gasteiger partial charge in [-0.2, -0.15) is 0 Å². The zero-order chi connectivity index (χ0) is 12.0. The Balaban J connectivity index is 2.11. The molecule has 0 aromatic rings. The Labute approximate surface area is 99.3 Å². The molecular weight excluding hydrogens is 224 g/mol. The van der Waals surface area contributed by atoms with Crippen LogP contribution in [0.4, 0.5) is 0 Å². The van der Waals surface area contributed by atoms with E-state index < -0.39 is 9.84 Å². The number of hydrogen-bond donors (Lipinski definition) is 1. The summed E-state index contributed by atoms with van der Waals surface area (Å²) in [6, 6.07) is 0.634. The van der Waals surface area contributed by atoms with Gasteiger partial charge in [0.2, 0.25) is 0 Å². The van der Waals surface area contributed by atoms with E-state index in [1.165, 1.54) is 25.5 Å². The Morgan fingerprint density at radius 2 is 2.06 bits per heavy atom. The summed E-state index contributed by atoms with van der Waals surface area (Å²) in [5.41, 5.74) is 0. The van der Waals surface area contributed by atoms with Crippen LogP contribution in [0.3, 0.4) is 0 Å². The van der Waals surface area contributed by atoms with Crippen LogP contribution < -0.4 is 5.32 Å². The average Bonchev–Trinajstić information content (AvgIpc) is 2.24. The Kier molecular flexibility index (Phi) is 5.72. The molecule has 0 radical (unpaired) electrons. The van der Waals surface area contributed by atoms with Gasteiger partial charge in [-0.3, -0.25) is 0 Å². The lowest BCUT2D eigenvalue weighted by molar-refractivity contribution is 0.298. The van der Waals surface area contributed by atoms with Gasteiger partial charge in [-0.1, -0.05) is 6.42 Å². The minimum atomic E-state index is -2.82. The van der Waals surface area contributed by atoms with Gasteiger partial charge in [-0.05, 0) is 39.4 Å². The second-order valence-corrected chi connectivity index (χ2v) is 7.13. The second kappa shape index (κ2) is 6.57. The highest BCUT2D eigenvalue weighted by atomic mass is 32.2. The van der Waals surface area contributed by atoms with E-state index in [-0.39, 0.29) is 5.75 Å². The summed E-state index contributed by atoms with van der Waals surface area (Å²) in [5.74, 6) is 0.265. The van der Waals surface area contributed by atoms with Crippen molar-refractivity contribution in [2.24, 2.45) is 0 Å². The summed E-state index contributed by atoms with van der Waals surface area (Å²) >= 11 is 0. The molecule has 1 fully saturated rings. The molecule has 1 saturated heterocycles. The van der Waals surface area contributed by atoms with Crippen LogP contribution in [-0.2, 0) is 9.84 Å². The molecule has 4 nitrogen and oxygen atoms in total. The molecule has 1 heterocycles. The highest BCUT2D eigenvalue weighted by Crippen LogP contribution is 2.10. The van der Waals surface area contributed by atoms with Gasteiger partial charge in [0.05, 0.1) is 5.75 Å². The van der Waals surface area contributed by atoms with Gasteiger partial charge in [0.1, 0.15) is 9.84 Å². The monoisotopic (exact) mass is 248 g/mol. The molecule has 5 heteroatoms. The summed E-state index contributed by atoms with van der Waals surface area (Å²) in [7, 11) is -0.826. The van der Waals surface area contributed by atoms with Crippen molar-refractivity contribution in [3.05, 3.63) is 0 Å². The van der Waals surface area contributed by atoms with E-state index in [4.69, 9.17) is 0 Å². The third-order valence-electron chi connectivity index (χ3n) is 3.12. The molecule has 0 saturated carbocycles. The van der Waals surface area contributed by atoms with Crippen LogP contribution in [-0.4, -0.2) is 58.1 Å². The molecule has 1 N–H and O–H groups in total. The van der Waals surface area contributed by atoms with Crippen LogP contribution in [0.2, 0.25) is 0 Å². The fraction of sp³-hybridized carbons (Fsp3) is 1.00. The highest BCUT2D eigenvalue weighted by molar-refractivity contribution is 7.90. The topological polar surface area (TPSA) is 49.4 Å². The summed E-state index contributed by atoms with van der Waals surface area (Å²) in [6.45, 7) is 2.76. The number of sulfone groups is 1. The Hall–Kier alpha value is -0.130. The Morgan fingerprint density at radius 1 is 1.31 bits per heavy atom. The molecule has 1 aliphatic rings. The molecule has 0 aromatic heterocycles. The van der Waals surface area contributed by atoms with Crippen molar-refractivity contribution >= 4 is 9.84 Å². The maximum atomic E-state index is 11.0. The van der Waals surface area contributed by atoms with Crippen LogP contribution in [0.25, 0.3) is 0 Å². The third kappa shape index (κ3) is 6.45. The average molecular weight is 248 g/mol. The van der Waals surface area contributed by atoms with Crippen molar-refractivity contribution in [2.75, 3.05) is 38.7 Å². The van der Waals surface area contributed by atoms with Gasteiger partial charge < -0.3 is 10.2 Å². The van der Waals surface area contributed by atoms with Gasteiger partial charge in [-0.25, -0.2) is 8.42 Å². The normalized spacial score (nSPS) is 22.6. The quantitative estimate of drug-likeness (QED) is 0.743. The van der Waals surface area contributed by atoms with E-state index in [0.717, 1.165) is 19.5 Å². The summed E-state index contributed by atoms with van der Waals surface area (Å²) < 4.78 is 22.0. The lowest BCUT2D eigenvalue weighted by atomic mass is 10.0. The van der Waals surface area contributed by atoms with Crippen LogP contribution in [0.5, 0.6) is 0 Å². The summed E-state index contributed by atoms with van der Waals surface area (Å²) in [5, 5.41) is 3.50. The number of nitrogens with one attached hydrogen (secondary N) is 1. The van der Waals surface area contributed by atoms with Crippen molar-refractivity contribution in [1.29, 1.82) is 0 Å². The van der Waals surface area contributed by atoms with Gasteiger partial charge in [0.15, 0.2) is 0 Å². The third-order valence-corrected chi connectivity index (χ3v) is 4.04. The van der Waals surface area contributed by atoms with Crippen LogP contribution in [0.1, 0.15) is 25.7 Å². The molecular formula is C11H24N2O2S. The van der Waals surface area contributed by atoms with E-state index in [1.54, 1.807) is 0 Å². The van der Waals surface area contributed by atoms with Gasteiger partial charge in [0, 0.05) is 18.8 Å². The first-order valence-corrected chi connectivity index (χ1v) is 8.13. The molecule has 0 aliphatic carbocycles. The van der Waals surface area contributed by atoms with E-state index in [1.807, 2.05) is 7.05 Å². The van der Waals surface area contributed by atoms with Crippen LogP contribution in [0.15, 0.2) is 0 Å². The van der Waals surface area contributed by atoms with Crippen molar-refractivity contribution in [3.63, 3.8) is 0 Å². The maximum Gasteiger partial charge on any atom is 0.148 e. The van der Waals surface area contributed by atoms with E-state index in [0.29, 0.717) is 12.6 Å². The van der Waals surface area contributed by atoms with Crippen LogP contribution >= 0.6 is 0 Å². The second-order valence-electron chi connectivity index (χ2n) is 4.87. The predicted molar refractivity (Wildman–Crippen MR) is 67.5 cm³/mol. The van der Waals surface area contributed by atoms with Crippen LogP contribution in [0, 0.1) is 0 Å². The van der Waals surface area contributed by atoms with Crippen molar-refractivity contribution in [1.82, 2.24) is 10.2 Å². The first-order valence-electron chi connectivity index (χ1n) is 6.07. The molecule has 0 aromatic carbocycles. The van der Waals surface area contributed by atoms with Crippen molar-refractivity contribution in [3.8, 4) is 0 Å². The zero-order valence-corrected chi connectivity index (χ0v) is 11.2. The van der Waals surface area contributed by atoms with Gasteiger partial charge in [0.25, 0.3) is 0 Å². The van der Waals surface area contributed by atoms with Gasteiger partial charge >= 0.3 is 0 Å². The lowest BCUT2D eigenvalue weighted by Crippen LogP contribution is -2.37. The van der Waals surface area contributed by atoms with E-state index in [2.05, 4.69) is 10.2 Å². The van der Waals surface area contributed by atoms with E-state index >= 15 is 0 Å². The molecule has 0 amide bonds. The first-order chi connectivity index (χ1) is 7.47. The molecule has 16 heavy (non-hydrogen) atoms. The van der Waals surface area contributed by atoms with E-state index in [9.17, 15) is 8.42 Å². The lowest BCUT2D eigenvalue weighted by Gasteiger charge is -2.25. The zero-order valence-electron chi connectivity index (χ0n) is 10.4. The largest absolute Gasteiger partial charge is 0.314 e. The molecule has 96 valence electrons. The molecule has 0 bridgehead atoms. The Morgan fingerprint density at radius 3 is 2.62 bits per heavy atom. The fourth-order valence-corrected chi connectivity index (χ4v) is 2.62. The Bertz CT molecular complexity index is 284. The minimum Gasteiger partial charge on any atom is -0.314 e. The standard InChI is InChI=1S/C11H24N2O2S/c1-13(9-10-16(2,14)15)8-6-11-5-3-4-7-12-11/h11-12H,3-10H2,1-2H3. The molecule has 0 spiro atoms. The summed E-state index contributed by atoms with van der Waals surface area (Å²) in [4.78, 5) is 2.11. The highest BCUT2D eigenvalue weighted by Gasteiger charge is 2.13. The maximum absolute atomic E-state index is 11.0. The molecule has 1 rings (SSSR count). The molecule has 1 aliphatic heterocycles. The SMILES string of the molecule is CN(CCC1CCCCN1)CCS(C)(=O)=O. The summed E-state index contributed by atoms with van der Waals surface area (Å²) in [6.07, 6.45) is 6.30. The molecule has 1 unspecified atom stereocenters. The minimum absolute atomic E-state index is 0.265. The fourth-order valence-electron chi connectivity index (χ4n) is 1.98. The number of piperidine rings is 1. The van der Waals surface area contributed by atoms with Crippen molar-refractivity contribution in [2.45, 2.75) is 31.7 Å². The first kappa shape index (κ1) is 13.9.